The van der Waals surface area contributed by atoms with Crippen molar-refractivity contribution >= 4 is 11.9 Å². The van der Waals surface area contributed by atoms with E-state index in [1.165, 1.54) is 0 Å². The van der Waals surface area contributed by atoms with Crippen LogP contribution in [0.5, 0.6) is 0 Å². The summed E-state index contributed by atoms with van der Waals surface area (Å²) in [5.74, 6) is 0.181. The summed E-state index contributed by atoms with van der Waals surface area (Å²) < 4.78 is 10.8. The molecule has 4 heteroatoms. The fourth-order valence-corrected chi connectivity index (χ4v) is 3.43. The van der Waals surface area contributed by atoms with E-state index in [1.54, 1.807) is 0 Å². The van der Waals surface area contributed by atoms with Gasteiger partial charge in [0.05, 0.1) is 6.61 Å². The van der Waals surface area contributed by atoms with Gasteiger partial charge in [-0.05, 0) is 24.7 Å². The van der Waals surface area contributed by atoms with Gasteiger partial charge in [0.1, 0.15) is 5.60 Å². The lowest BCUT2D eigenvalue weighted by atomic mass is 9.78. The van der Waals surface area contributed by atoms with Gasteiger partial charge in [0, 0.05) is 24.0 Å². The van der Waals surface area contributed by atoms with Crippen LogP contribution in [0.1, 0.15) is 33.1 Å². The molecule has 0 aromatic carbocycles. The molecule has 0 aliphatic heterocycles. The topological polar surface area (TPSA) is 52.6 Å². The molecule has 0 radical (unpaired) electrons. The molecule has 120 valence electrons. The average molecular weight is 304 g/mol. The molecular formula is C18H24O4. The highest BCUT2D eigenvalue weighted by Crippen LogP contribution is 2.52. The van der Waals surface area contributed by atoms with Gasteiger partial charge in [-0.3, -0.25) is 0 Å². The molecule has 2 aliphatic carbocycles. The summed E-state index contributed by atoms with van der Waals surface area (Å²) in [4.78, 5) is 23.3. The minimum Gasteiger partial charge on any atom is -0.462 e. The Balaban J connectivity index is 1.92. The summed E-state index contributed by atoms with van der Waals surface area (Å²) >= 11 is 0. The van der Waals surface area contributed by atoms with Gasteiger partial charge in [0.25, 0.3) is 0 Å². The van der Waals surface area contributed by atoms with Crippen molar-refractivity contribution in [1.82, 2.24) is 0 Å². The van der Waals surface area contributed by atoms with Crippen molar-refractivity contribution in [1.29, 1.82) is 0 Å². The van der Waals surface area contributed by atoms with E-state index in [9.17, 15) is 9.59 Å². The number of esters is 2. The highest BCUT2D eigenvalue weighted by Gasteiger charge is 2.53. The van der Waals surface area contributed by atoms with Gasteiger partial charge >= 0.3 is 11.9 Å². The molecule has 0 aromatic heterocycles. The van der Waals surface area contributed by atoms with E-state index in [2.05, 4.69) is 39.2 Å². The predicted molar refractivity (Wildman–Crippen MR) is 83.9 cm³/mol. The molecule has 0 N–H and O–H groups in total. The quantitative estimate of drug-likeness (QED) is 0.412. The van der Waals surface area contributed by atoms with E-state index in [0.717, 1.165) is 18.9 Å². The molecule has 22 heavy (non-hydrogen) atoms. The highest BCUT2D eigenvalue weighted by atomic mass is 16.6. The Morgan fingerprint density at radius 1 is 1.41 bits per heavy atom. The Kier molecular flexibility index (Phi) is 4.89. The third kappa shape index (κ3) is 3.16. The molecule has 0 heterocycles. The lowest BCUT2D eigenvalue weighted by Crippen LogP contribution is -2.44. The largest absolute Gasteiger partial charge is 0.462 e. The minimum absolute atomic E-state index is 0.111. The fraction of sp³-hybridized carbons (Fsp3) is 0.556. The summed E-state index contributed by atoms with van der Waals surface area (Å²) in [6.07, 6.45) is 7.72. The van der Waals surface area contributed by atoms with Crippen LogP contribution in [0.25, 0.3) is 0 Å². The summed E-state index contributed by atoms with van der Waals surface area (Å²) in [6.45, 7) is 11.4. The molecule has 3 unspecified atom stereocenters. The van der Waals surface area contributed by atoms with Gasteiger partial charge in [-0.1, -0.05) is 39.2 Å². The number of ether oxygens (including phenoxy) is 2. The first-order chi connectivity index (χ1) is 10.4. The second-order valence-electron chi connectivity index (χ2n) is 6.42. The molecule has 0 amide bonds. The molecule has 2 bridgehead atoms. The van der Waals surface area contributed by atoms with E-state index in [4.69, 9.17) is 9.47 Å². The van der Waals surface area contributed by atoms with Crippen molar-refractivity contribution in [3.05, 3.63) is 37.0 Å². The van der Waals surface area contributed by atoms with Crippen molar-refractivity contribution < 1.29 is 19.1 Å². The Labute approximate surface area is 131 Å². The molecule has 1 fully saturated rings. The van der Waals surface area contributed by atoms with E-state index in [-0.39, 0.29) is 24.9 Å². The van der Waals surface area contributed by atoms with Crippen LogP contribution in [0, 0.1) is 17.8 Å². The number of allylic oxidation sites excluding steroid dienone is 1. The van der Waals surface area contributed by atoms with Gasteiger partial charge in [-0.2, -0.15) is 0 Å². The van der Waals surface area contributed by atoms with Crippen LogP contribution in [-0.4, -0.2) is 24.1 Å². The standard InChI is InChI=1S/C18H24O4/c1-5-16(19)21-9-8-13(4)17(20)22-18(12(2)3)11-14-6-7-15(18)10-14/h5-7,12,14-15H,1,4,8-11H2,2-3H3. The number of rotatable bonds is 7. The van der Waals surface area contributed by atoms with E-state index < -0.39 is 11.6 Å². The Morgan fingerprint density at radius 3 is 2.64 bits per heavy atom. The zero-order valence-corrected chi connectivity index (χ0v) is 13.3. The van der Waals surface area contributed by atoms with Gasteiger partial charge in [0.2, 0.25) is 0 Å². The van der Waals surface area contributed by atoms with Crippen LogP contribution in [-0.2, 0) is 19.1 Å². The average Bonchev–Trinajstić information content (AvgIpc) is 3.07. The van der Waals surface area contributed by atoms with E-state index >= 15 is 0 Å². The Morgan fingerprint density at radius 2 is 2.14 bits per heavy atom. The molecule has 2 aliphatic rings. The van der Waals surface area contributed by atoms with Crippen molar-refractivity contribution in [2.45, 2.75) is 38.7 Å². The van der Waals surface area contributed by atoms with Crippen LogP contribution in [0.2, 0.25) is 0 Å². The first-order valence-electron chi connectivity index (χ1n) is 7.77. The van der Waals surface area contributed by atoms with Gasteiger partial charge in [0.15, 0.2) is 0 Å². The molecule has 0 saturated heterocycles. The minimum atomic E-state index is -0.502. The predicted octanol–water partition coefficient (Wildman–Crippen LogP) is 3.20. The Bertz CT molecular complexity index is 517. The van der Waals surface area contributed by atoms with E-state index in [0.29, 0.717) is 17.4 Å². The molecule has 3 atom stereocenters. The fourth-order valence-electron chi connectivity index (χ4n) is 3.43. The number of carbonyl (C=O) groups is 2. The first kappa shape index (κ1) is 16.5. The first-order valence-corrected chi connectivity index (χ1v) is 7.77. The summed E-state index contributed by atoms with van der Waals surface area (Å²) in [5.41, 5.74) is -0.0827. The monoisotopic (exact) mass is 304 g/mol. The van der Waals surface area contributed by atoms with Crippen LogP contribution in [0.15, 0.2) is 37.0 Å². The summed E-state index contributed by atoms with van der Waals surface area (Å²) in [5, 5.41) is 0. The maximum atomic E-state index is 12.3. The van der Waals surface area contributed by atoms with Gasteiger partial charge < -0.3 is 9.47 Å². The molecule has 0 aromatic rings. The maximum absolute atomic E-state index is 12.3. The van der Waals surface area contributed by atoms with Crippen LogP contribution >= 0.6 is 0 Å². The van der Waals surface area contributed by atoms with Gasteiger partial charge in [-0.25, -0.2) is 9.59 Å². The van der Waals surface area contributed by atoms with Crippen LogP contribution < -0.4 is 0 Å². The number of carbonyl (C=O) groups excluding carboxylic acids is 2. The number of hydrogen-bond acceptors (Lipinski definition) is 4. The number of fused-ring (bicyclic) bond motifs is 2. The van der Waals surface area contributed by atoms with Crippen LogP contribution in [0.4, 0.5) is 0 Å². The maximum Gasteiger partial charge on any atom is 0.334 e. The van der Waals surface area contributed by atoms with Crippen molar-refractivity contribution in [3.63, 3.8) is 0 Å². The molecule has 2 rings (SSSR count). The summed E-state index contributed by atoms with van der Waals surface area (Å²) in [7, 11) is 0. The van der Waals surface area contributed by atoms with Crippen molar-refractivity contribution in [2.75, 3.05) is 6.61 Å². The molecule has 4 nitrogen and oxygen atoms in total. The SMILES string of the molecule is C=CC(=O)OCCC(=C)C(=O)OC1(C(C)C)CC2C=CC1C2. The molecule has 0 spiro atoms. The van der Waals surface area contributed by atoms with Crippen LogP contribution in [0.3, 0.4) is 0 Å². The Hall–Kier alpha value is -1.84. The third-order valence-electron chi connectivity index (χ3n) is 4.74. The zero-order valence-electron chi connectivity index (χ0n) is 13.3. The lowest BCUT2D eigenvalue weighted by molar-refractivity contribution is -0.164. The van der Waals surface area contributed by atoms with Crippen molar-refractivity contribution in [3.8, 4) is 0 Å². The molecular weight excluding hydrogens is 280 g/mol. The van der Waals surface area contributed by atoms with E-state index in [1.807, 2.05) is 0 Å². The smallest absolute Gasteiger partial charge is 0.334 e. The third-order valence-corrected chi connectivity index (χ3v) is 4.74. The molecule has 1 saturated carbocycles. The lowest BCUT2D eigenvalue weighted by Gasteiger charge is -2.39. The second kappa shape index (κ2) is 6.51. The number of hydrogen-bond donors (Lipinski definition) is 0. The zero-order chi connectivity index (χ0) is 16.3. The highest BCUT2D eigenvalue weighted by molar-refractivity contribution is 5.88. The summed E-state index contributed by atoms with van der Waals surface area (Å²) in [6, 6.07) is 0. The second-order valence-corrected chi connectivity index (χ2v) is 6.42. The normalized spacial score (nSPS) is 28.7. The van der Waals surface area contributed by atoms with Crippen molar-refractivity contribution in [2.24, 2.45) is 17.8 Å². The van der Waals surface area contributed by atoms with Gasteiger partial charge in [-0.15, -0.1) is 0 Å².